The molecule has 0 aromatic heterocycles. The van der Waals surface area contributed by atoms with Crippen LogP contribution in [0.15, 0.2) is 18.2 Å². The molecule has 4 heteroatoms. The molecule has 0 aliphatic heterocycles. The van der Waals surface area contributed by atoms with Crippen LogP contribution in [0.25, 0.3) is 0 Å². The van der Waals surface area contributed by atoms with Gasteiger partial charge in [-0.2, -0.15) is 0 Å². The Morgan fingerprint density at radius 3 is 2.71 bits per heavy atom. The Labute approximate surface area is 81.9 Å². The minimum atomic E-state index is -0.161. The Morgan fingerprint density at radius 1 is 1.50 bits per heavy atom. The first-order valence-corrected chi connectivity index (χ1v) is 4.08. The molecule has 0 saturated carbocycles. The van der Waals surface area contributed by atoms with Crippen molar-refractivity contribution in [1.82, 2.24) is 0 Å². The van der Waals surface area contributed by atoms with Crippen molar-refractivity contribution in [2.45, 2.75) is 6.92 Å². The van der Waals surface area contributed by atoms with E-state index < -0.39 is 0 Å². The van der Waals surface area contributed by atoms with Gasteiger partial charge in [0.05, 0.1) is 12.7 Å². The molecule has 0 aliphatic carbocycles. The number of aldehydes is 1. The van der Waals surface area contributed by atoms with Crippen molar-refractivity contribution in [1.29, 1.82) is 0 Å². The molecule has 0 aliphatic rings. The normalized spacial score (nSPS) is 9.29. The summed E-state index contributed by atoms with van der Waals surface area (Å²) in [5.74, 6) is 0.289. The summed E-state index contributed by atoms with van der Waals surface area (Å²) in [5, 5.41) is 2.60. The monoisotopic (exact) mass is 193 g/mol. The predicted molar refractivity (Wildman–Crippen MR) is 52.7 cm³/mol. The maximum atomic E-state index is 10.7. The minimum Gasteiger partial charge on any atom is -0.496 e. The topological polar surface area (TPSA) is 55.4 Å². The first kappa shape index (κ1) is 10.2. The van der Waals surface area contributed by atoms with Gasteiger partial charge in [0.15, 0.2) is 6.29 Å². The van der Waals surface area contributed by atoms with E-state index >= 15 is 0 Å². The highest BCUT2D eigenvalue weighted by atomic mass is 16.5. The second-order valence-electron chi connectivity index (χ2n) is 2.76. The van der Waals surface area contributed by atoms with E-state index in [1.54, 1.807) is 18.2 Å². The van der Waals surface area contributed by atoms with E-state index in [1.807, 2.05) is 0 Å². The number of carbonyl (C=O) groups is 2. The molecule has 0 heterocycles. The number of anilines is 1. The Balaban J connectivity index is 3.01. The number of amides is 1. The molecule has 0 saturated heterocycles. The van der Waals surface area contributed by atoms with Gasteiger partial charge in [0.1, 0.15) is 5.75 Å². The first-order chi connectivity index (χ1) is 6.67. The second-order valence-corrected chi connectivity index (χ2v) is 2.76. The number of ether oxygens (including phenoxy) is 1. The van der Waals surface area contributed by atoms with Crippen LogP contribution >= 0.6 is 0 Å². The number of rotatable bonds is 3. The van der Waals surface area contributed by atoms with Crippen molar-refractivity contribution in [2.75, 3.05) is 12.4 Å². The molecule has 1 aromatic rings. The molecular weight excluding hydrogens is 182 g/mol. The summed E-state index contributed by atoms with van der Waals surface area (Å²) in [5.41, 5.74) is 1.07. The quantitative estimate of drug-likeness (QED) is 0.739. The van der Waals surface area contributed by atoms with Gasteiger partial charge < -0.3 is 10.1 Å². The molecular formula is C10H11NO3. The van der Waals surface area contributed by atoms with Gasteiger partial charge in [-0.25, -0.2) is 0 Å². The fourth-order valence-electron chi connectivity index (χ4n) is 1.09. The average molecular weight is 193 g/mol. The molecule has 0 spiro atoms. The summed E-state index contributed by atoms with van der Waals surface area (Å²) < 4.78 is 4.98. The highest BCUT2D eigenvalue weighted by Crippen LogP contribution is 2.21. The molecule has 0 fully saturated rings. The molecule has 4 nitrogen and oxygen atoms in total. The van der Waals surface area contributed by atoms with Crippen LogP contribution in [0.4, 0.5) is 5.69 Å². The van der Waals surface area contributed by atoms with Crippen molar-refractivity contribution >= 4 is 17.9 Å². The highest BCUT2D eigenvalue weighted by Gasteiger charge is 2.03. The van der Waals surface area contributed by atoms with E-state index in [9.17, 15) is 9.59 Å². The van der Waals surface area contributed by atoms with Crippen LogP contribution in [0.3, 0.4) is 0 Å². The molecule has 0 bridgehead atoms. The lowest BCUT2D eigenvalue weighted by molar-refractivity contribution is -0.114. The Bertz CT molecular complexity index is 360. The van der Waals surface area contributed by atoms with E-state index in [2.05, 4.69) is 5.32 Å². The van der Waals surface area contributed by atoms with Crippen molar-refractivity contribution < 1.29 is 14.3 Å². The SMILES string of the molecule is COc1cc(NC(C)=O)ccc1C=O. The zero-order valence-electron chi connectivity index (χ0n) is 8.03. The fourth-order valence-corrected chi connectivity index (χ4v) is 1.09. The zero-order chi connectivity index (χ0) is 10.6. The van der Waals surface area contributed by atoms with E-state index in [4.69, 9.17) is 4.74 Å². The van der Waals surface area contributed by atoms with E-state index in [-0.39, 0.29) is 5.91 Å². The molecule has 0 atom stereocenters. The van der Waals surface area contributed by atoms with Gasteiger partial charge in [0.25, 0.3) is 0 Å². The van der Waals surface area contributed by atoms with Crippen LogP contribution in [0.1, 0.15) is 17.3 Å². The van der Waals surface area contributed by atoms with Crippen molar-refractivity contribution in [3.8, 4) is 5.75 Å². The third-order valence-electron chi connectivity index (χ3n) is 1.68. The smallest absolute Gasteiger partial charge is 0.221 e. The summed E-state index contributed by atoms with van der Waals surface area (Å²) >= 11 is 0. The maximum absolute atomic E-state index is 10.7. The fraction of sp³-hybridized carbons (Fsp3) is 0.200. The molecule has 1 amide bonds. The minimum absolute atomic E-state index is 0.161. The van der Waals surface area contributed by atoms with Gasteiger partial charge in [-0.05, 0) is 12.1 Å². The van der Waals surface area contributed by atoms with Gasteiger partial charge in [-0.3, -0.25) is 9.59 Å². The van der Waals surface area contributed by atoms with Gasteiger partial charge in [0, 0.05) is 18.7 Å². The molecule has 14 heavy (non-hydrogen) atoms. The average Bonchev–Trinajstić information content (AvgIpc) is 2.16. The van der Waals surface area contributed by atoms with Crippen LogP contribution in [-0.4, -0.2) is 19.3 Å². The number of carbonyl (C=O) groups excluding carboxylic acids is 2. The van der Waals surface area contributed by atoms with Gasteiger partial charge in [-0.15, -0.1) is 0 Å². The Kier molecular flexibility index (Phi) is 3.23. The third-order valence-corrected chi connectivity index (χ3v) is 1.68. The predicted octanol–water partition coefficient (Wildman–Crippen LogP) is 1.47. The molecule has 1 N–H and O–H groups in total. The van der Waals surface area contributed by atoms with Gasteiger partial charge in [0.2, 0.25) is 5.91 Å². The largest absolute Gasteiger partial charge is 0.496 e. The van der Waals surface area contributed by atoms with Crippen LogP contribution < -0.4 is 10.1 Å². The lowest BCUT2D eigenvalue weighted by atomic mass is 10.2. The van der Waals surface area contributed by atoms with Crippen molar-refractivity contribution in [3.05, 3.63) is 23.8 Å². The summed E-state index contributed by atoms with van der Waals surface area (Å²) in [7, 11) is 1.47. The van der Waals surface area contributed by atoms with Crippen LogP contribution in [0.2, 0.25) is 0 Å². The molecule has 74 valence electrons. The Morgan fingerprint density at radius 2 is 2.21 bits per heavy atom. The lowest BCUT2D eigenvalue weighted by Gasteiger charge is -2.06. The van der Waals surface area contributed by atoms with Gasteiger partial charge in [-0.1, -0.05) is 0 Å². The molecule has 0 unspecified atom stereocenters. The van der Waals surface area contributed by atoms with E-state index in [1.165, 1.54) is 14.0 Å². The van der Waals surface area contributed by atoms with E-state index in [0.717, 1.165) is 0 Å². The number of hydrogen-bond donors (Lipinski definition) is 1. The first-order valence-electron chi connectivity index (χ1n) is 4.08. The maximum Gasteiger partial charge on any atom is 0.221 e. The summed E-state index contributed by atoms with van der Waals surface area (Å²) in [6, 6.07) is 4.84. The second kappa shape index (κ2) is 4.41. The van der Waals surface area contributed by atoms with Crippen LogP contribution in [-0.2, 0) is 4.79 Å². The number of methoxy groups -OCH3 is 1. The Hall–Kier alpha value is -1.84. The van der Waals surface area contributed by atoms with Crippen LogP contribution in [0, 0.1) is 0 Å². The summed E-state index contributed by atoms with van der Waals surface area (Å²) in [4.78, 5) is 21.3. The van der Waals surface area contributed by atoms with Gasteiger partial charge >= 0.3 is 0 Å². The number of benzene rings is 1. The molecule has 1 aromatic carbocycles. The lowest BCUT2D eigenvalue weighted by Crippen LogP contribution is -2.06. The summed E-state index contributed by atoms with van der Waals surface area (Å²) in [6.45, 7) is 1.42. The number of nitrogens with one attached hydrogen (secondary N) is 1. The molecule has 1 rings (SSSR count). The highest BCUT2D eigenvalue weighted by molar-refractivity contribution is 5.90. The van der Waals surface area contributed by atoms with Crippen LogP contribution in [0.5, 0.6) is 5.75 Å². The molecule has 0 radical (unpaired) electrons. The third kappa shape index (κ3) is 2.32. The van der Waals surface area contributed by atoms with Crippen molar-refractivity contribution in [3.63, 3.8) is 0 Å². The zero-order valence-corrected chi connectivity index (χ0v) is 8.03. The van der Waals surface area contributed by atoms with E-state index in [0.29, 0.717) is 23.3 Å². The standard InChI is InChI=1S/C10H11NO3/c1-7(13)11-9-4-3-8(6-12)10(5-9)14-2/h3-6H,1-2H3,(H,11,13). The van der Waals surface area contributed by atoms with Crippen molar-refractivity contribution in [2.24, 2.45) is 0 Å². The number of hydrogen-bond acceptors (Lipinski definition) is 3. The summed E-state index contributed by atoms with van der Waals surface area (Å²) in [6.07, 6.45) is 0.705.